The van der Waals surface area contributed by atoms with Crippen molar-refractivity contribution in [3.05, 3.63) is 62.5 Å². The lowest BCUT2D eigenvalue weighted by molar-refractivity contribution is 0.581. The van der Waals surface area contributed by atoms with E-state index in [1.165, 1.54) is 18.2 Å². The molecule has 0 fully saturated rings. The normalized spacial score (nSPS) is 11.6. The van der Waals surface area contributed by atoms with Gasteiger partial charge < -0.3 is 0 Å². The first kappa shape index (κ1) is 15.8. The lowest BCUT2D eigenvalue weighted by Gasteiger charge is -2.09. The highest BCUT2D eigenvalue weighted by atomic mass is 79.9. The van der Waals surface area contributed by atoms with E-state index >= 15 is 0 Å². The van der Waals surface area contributed by atoms with Crippen LogP contribution >= 0.6 is 39.1 Å². The van der Waals surface area contributed by atoms with Crippen molar-refractivity contribution in [2.45, 2.75) is 11.4 Å². The maximum Gasteiger partial charge on any atom is 0.242 e. The fourth-order valence-corrected chi connectivity index (χ4v) is 3.83. The maximum absolute atomic E-state index is 12.2. The highest BCUT2D eigenvalue weighted by molar-refractivity contribution is 9.10. The van der Waals surface area contributed by atoms with Crippen LogP contribution in [0.3, 0.4) is 0 Å². The molecule has 0 aliphatic rings. The van der Waals surface area contributed by atoms with Crippen molar-refractivity contribution in [1.29, 1.82) is 0 Å². The fraction of sp³-hybridized carbons (Fsp3) is 0.0769. The summed E-state index contributed by atoms with van der Waals surface area (Å²) in [5, 5.41) is 0.486. The highest BCUT2D eigenvalue weighted by Crippen LogP contribution is 2.25. The predicted molar refractivity (Wildman–Crippen MR) is 84.6 cm³/mol. The number of rotatable bonds is 4. The van der Waals surface area contributed by atoms with Gasteiger partial charge in [-0.15, -0.1) is 0 Å². The van der Waals surface area contributed by atoms with E-state index < -0.39 is 10.0 Å². The van der Waals surface area contributed by atoms with Gasteiger partial charge in [-0.3, -0.25) is 0 Å². The monoisotopic (exact) mass is 393 g/mol. The Hall–Kier alpha value is -0.590. The summed E-state index contributed by atoms with van der Waals surface area (Å²) in [5.41, 5.74) is 0.841. The average Bonchev–Trinajstić information content (AvgIpc) is 2.36. The van der Waals surface area contributed by atoms with E-state index in [1.807, 2.05) is 24.3 Å². The van der Waals surface area contributed by atoms with Gasteiger partial charge in [0, 0.05) is 16.0 Å². The van der Waals surface area contributed by atoms with Gasteiger partial charge in [0.1, 0.15) is 4.90 Å². The van der Waals surface area contributed by atoms with Crippen LogP contribution in [0.1, 0.15) is 5.56 Å². The number of hydrogen-bond donors (Lipinski definition) is 1. The van der Waals surface area contributed by atoms with Crippen LogP contribution in [0, 0.1) is 0 Å². The Morgan fingerprint density at radius 3 is 2.50 bits per heavy atom. The minimum Gasteiger partial charge on any atom is -0.207 e. The van der Waals surface area contributed by atoms with Gasteiger partial charge in [0.05, 0.1) is 5.02 Å². The molecule has 0 saturated carbocycles. The summed E-state index contributed by atoms with van der Waals surface area (Å²) < 4.78 is 27.7. The molecule has 2 rings (SSSR count). The standard InChI is InChI=1S/C13H10BrCl2NO2S/c14-10-3-1-2-9(6-10)8-17-20(18,19)13-5-4-11(15)7-12(13)16/h1-7,17H,8H2. The molecule has 0 aliphatic carbocycles. The van der Waals surface area contributed by atoms with Crippen molar-refractivity contribution in [1.82, 2.24) is 4.72 Å². The van der Waals surface area contributed by atoms with Crippen molar-refractivity contribution in [3.63, 3.8) is 0 Å². The molecule has 0 heterocycles. The third kappa shape index (κ3) is 3.96. The van der Waals surface area contributed by atoms with E-state index in [0.29, 0.717) is 5.02 Å². The van der Waals surface area contributed by atoms with Crippen molar-refractivity contribution in [2.75, 3.05) is 0 Å². The van der Waals surface area contributed by atoms with Crippen LogP contribution in [0.5, 0.6) is 0 Å². The largest absolute Gasteiger partial charge is 0.242 e. The average molecular weight is 395 g/mol. The van der Waals surface area contributed by atoms with Crippen LogP contribution in [-0.4, -0.2) is 8.42 Å². The molecule has 0 amide bonds. The van der Waals surface area contributed by atoms with Gasteiger partial charge in [0.15, 0.2) is 0 Å². The summed E-state index contributed by atoms with van der Waals surface area (Å²) in [5.74, 6) is 0. The van der Waals surface area contributed by atoms with Crippen molar-refractivity contribution >= 4 is 49.2 Å². The molecule has 20 heavy (non-hydrogen) atoms. The molecular formula is C13H10BrCl2NO2S. The van der Waals surface area contributed by atoms with Crippen LogP contribution in [-0.2, 0) is 16.6 Å². The molecule has 0 radical (unpaired) electrons. The van der Waals surface area contributed by atoms with Crippen LogP contribution in [0.2, 0.25) is 10.0 Å². The van der Waals surface area contributed by atoms with Crippen LogP contribution < -0.4 is 4.72 Å². The minimum absolute atomic E-state index is 0.0126. The molecule has 1 N–H and O–H groups in total. The summed E-state index contributed by atoms with van der Waals surface area (Å²) in [6, 6.07) is 11.6. The smallest absolute Gasteiger partial charge is 0.207 e. The summed E-state index contributed by atoms with van der Waals surface area (Å²) >= 11 is 15.0. The van der Waals surface area contributed by atoms with Crippen molar-refractivity contribution in [3.8, 4) is 0 Å². The van der Waals surface area contributed by atoms with Crippen LogP contribution in [0.25, 0.3) is 0 Å². The third-order valence-electron chi connectivity index (χ3n) is 2.54. The van der Waals surface area contributed by atoms with Gasteiger partial charge in [-0.1, -0.05) is 51.3 Å². The first-order valence-electron chi connectivity index (χ1n) is 5.58. The molecule has 7 heteroatoms. The van der Waals surface area contributed by atoms with E-state index in [2.05, 4.69) is 20.7 Å². The Labute approximate surface area is 136 Å². The van der Waals surface area contributed by atoms with E-state index in [4.69, 9.17) is 23.2 Å². The van der Waals surface area contributed by atoms with Crippen molar-refractivity contribution < 1.29 is 8.42 Å². The lowest BCUT2D eigenvalue weighted by atomic mass is 10.2. The highest BCUT2D eigenvalue weighted by Gasteiger charge is 2.17. The Morgan fingerprint density at radius 1 is 1.10 bits per heavy atom. The number of sulfonamides is 1. The number of benzene rings is 2. The van der Waals surface area contributed by atoms with Gasteiger partial charge in [-0.25, -0.2) is 13.1 Å². The summed E-state index contributed by atoms with van der Waals surface area (Å²) in [6.45, 7) is 0.181. The first-order valence-corrected chi connectivity index (χ1v) is 8.61. The van der Waals surface area contributed by atoms with Crippen molar-refractivity contribution in [2.24, 2.45) is 0 Å². The number of halogens is 3. The Morgan fingerprint density at radius 2 is 1.85 bits per heavy atom. The lowest BCUT2D eigenvalue weighted by Crippen LogP contribution is -2.23. The zero-order valence-electron chi connectivity index (χ0n) is 10.1. The van der Waals surface area contributed by atoms with E-state index in [9.17, 15) is 8.42 Å². The van der Waals surface area contributed by atoms with Crippen LogP contribution in [0.15, 0.2) is 51.8 Å². The topological polar surface area (TPSA) is 46.2 Å². The zero-order valence-corrected chi connectivity index (χ0v) is 14.0. The van der Waals surface area contributed by atoms with Gasteiger partial charge in [0.2, 0.25) is 10.0 Å². The molecule has 2 aromatic rings. The van der Waals surface area contributed by atoms with Gasteiger partial charge >= 0.3 is 0 Å². The van der Waals surface area contributed by atoms with E-state index in [1.54, 1.807) is 0 Å². The SMILES string of the molecule is O=S(=O)(NCc1cccc(Br)c1)c1ccc(Cl)cc1Cl. The second-order valence-corrected chi connectivity index (χ2v) is 7.52. The maximum atomic E-state index is 12.2. The molecule has 0 aliphatic heterocycles. The zero-order chi connectivity index (χ0) is 14.8. The molecule has 0 bridgehead atoms. The Balaban J connectivity index is 2.19. The predicted octanol–water partition coefficient (Wildman–Crippen LogP) is 4.23. The fourth-order valence-electron chi connectivity index (χ4n) is 1.60. The second-order valence-electron chi connectivity index (χ2n) is 4.03. The minimum atomic E-state index is -3.67. The number of hydrogen-bond acceptors (Lipinski definition) is 2. The van der Waals surface area contributed by atoms with Crippen LogP contribution in [0.4, 0.5) is 0 Å². The third-order valence-corrected chi connectivity index (χ3v) is 5.15. The Bertz CT molecular complexity index is 735. The molecule has 0 spiro atoms. The summed E-state index contributed by atoms with van der Waals surface area (Å²) in [4.78, 5) is 0.0126. The van der Waals surface area contributed by atoms with Gasteiger partial charge in [-0.2, -0.15) is 0 Å². The number of nitrogens with one attached hydrogen (secondary N) is 1. The van der Waals surface area contributed by atoms with E-state index in [-0.39, 0.29) is 16.5 Å². The van der Waals surface area contributed by atoms with E-state index in [0.717, 1.165) is 10.0 Å². The molecule has 106 valence electrons. The molecule has 3 nitrogen and oxygen atoms in total. The summed E-state index contributed by atoms with van der Waals surface area (Å²) in [6.07, 6.45) is 0. The quantitative estimate of drug-likeness (QED) is 0.843. The molecule has 0 aromatic heterocycles. The second kappa shape index (κ2) is 6.45. The van der Waals surface area contributed by atoms with Gasteiger partial charge in [0.25, 0.3) is 0 Å². The first-order chi connectivity index (χ1) is 9.38. The Kier molecular flexibility index (Phi) is 5.09. The molecule has 0 saturated heterocycles. The summed E-state index contributed by atoms with van der Waals surface area (Å²) in [7, 11) is -3.67. The molecule has 0 atom stereocenters. The van der Waals surface area contributed by atoms with Gasteiger partial charge in [-0.05, 0) is 35.9 Å². The molecule has 0 unspecified atom stereocenters. The molecular weight excluding hydrogens is 385 g/mol. The molecule has 2 aromatic carbocycles.